The Morgan fingerprint density at radius 2 is 1.85 bits per heavy atom. The first kappa shape index (κ1) is 18.4. The molecule has 27 heavy (non-hydrogen) atoms. The first-order valence-corrected chi connectivity index (χ1v) is 8.45. The molecule has 1 fully saturated rings. The van der Waals surface area contributed by atoms with Crippen LogP contribution in [0.3, 0.4) is 0 Å². The largest absolute Gasteiger partial charge is 0.497 e. The molecule has 0 saturated carbocycles. The molecule has 2 amide bonds. The molecule has 0 aliphatic carbocycles. The highest BCUT2D eigenvalue weighted by Gasteiger charge is 2.35. The summed E-state index contributed by atoms with van der Waals surface area (Å²) in [5.41, 5.74) is 1.66. The molecule has 0 unspecified atom stereocenters. The second-order valence-corrected chi connectivity index (χ2v) is 6.17. The van der Waals surface area contributed by atoms with E-state index < -0.39 is 11.9 Å². The molecule has 140 valence electrons. The summed E-state index contributed by atoms with van der Waals surface area (Å²) in [7, 11) is 2.87. The van der Waals surface area contributed by atoms with E-state index in [1.165, 1.54) is 7.11 Å². The Morgan fingerprint density at radius 1 is 1.11 bits per heavy atom. The van der Waals surface area contributed by atoms with Crippen molar-refractivity contribution in [2.45, 2.75) is 6.42 Å². The van der Waals surface area contributed by atoms with Gasteiger partial charge in [-0.05, 0) is 36.4 Å². The third-order valence-electron chi connectivity index (χ3n) is 4.43. The lowest BCUT2D eigenvalue weighted by molar-refractivity contribution is -0.122. The molecule has 1 atom stereocenters. The van der Waals surface area contributed by atoms with Gasteiger partial charge in [0.1, 0.15) is 5.75 Å². The number of esters is 1. The average molecular weight is 368 g/mol. The summed E-state index contributed by atoms with van der Waals surface area (Å²) in [6, 6.07) is 13.6. The fraction of sp³-hybridized carbons (Fsp3) is 0.250. The maximum absolute atomic E-state index is 12.5. The van der Waals surface area contributed by atoms with Crippen LogP contribution in [0.4, 0.5) is 11.4 Å². The number of nitrogens with one attached hydrogen (secondary N) is 1. The molecule has 1 heterocycles. The zero-order valence-corrected chi connectivity index (χ0v) is 15.1. The van der Waals surface area contributed by atoms with Gasteiger partial charge in [-0.15, -0.1) is 0 Å². The molecule has 1 aliphatic heterocycles. The van der Waals surface area contributed by atoms with Crippen molar-refractivity contribution in [3.05, 3.63) is 54.1 Å². The standard InChI is InChI=1S/C20H20N2O5/c1-26-17-5-3-4-16(11-17)22-12-14(10-18(22)23)19(24)21-15-8-6-13(7-9-15)20(25)27-2/h3-9,11,14H,10,12H2,1-2H3,(H,21,24)/t14-/m1/s1. The first-order chi connectivity index (χ1) is 13.0. The molecule has 1 N–H and O–H groups in total. The Bertz CT molecular complexity index is 863. The molecule has 0 radical (unpaired) electrons. The average Bonchev–Trinajstić information content (AvgIpc) is 3.10. The molecule has 2 aromatic carbocycles. The van der Waals surface area contributed by atoms with Crippen molar-refractivity contribution in [3.63, 3.8) is 0 Å². The number of nitrogens with zero attached hydrogens (tertiary/aromatic N) is 1. The van der Waals surface area contributed by atoms with Crippen molar-refractivity contribution in [2.75, 3.05) is 31.0 Å². The van der Waals surface area contributed by atoms with Crippen LogP contribution in [0, 0.1) is 5.92 Å². The van der Waals surface area contributed by atoms with E-state index in [0.29, 0.717) is 29.2 Å². The van der Waals surface area contributed by atoms with Crippen molar-refractivity contribution < 1.29 is 23.9 Å². The molecular formula is C20H20N2O5. The molecule has 0 spiro atoms. The summed E-state index contributed by atoms with van der Waals surface area (Å²) in [4.78, 5) is 37.9. The van der Waals surface area contributed by atoms with Gasteiger partial charge in [0.05, 0.1) is 25.7 Å². The minimum Gasteiger partial charge on any atom is -0.497 e. The van der Waals surface area contributed by atoms with E-state index in [1.54, 1.807) is 54.5 Å². The third-order valence-corrected chi connectivity index (χ3v) is 4.43. The van der Waals surface area contributed by atoms with Gasteiger partial charge >= 0.3 is 5.97 Å². The summed E-state index contributed by atoms with van der Waals surface area (Å²) >= 11 is 0. The first-order valence-electron chi connectivity index (χ1n) is 8.45. The number of ether oxygens (including phenoxy) is 2. The molecule has 2 aromatic rings. The number of hydrogen-bond acceptors (Lipinski definition) is 5. The summed E-state index contributed by atoms with van der Waals surface area (Å²) in [5.74, 6) is -0.588. The Kier molecular flexibility index (Phi) is 5.40. The topological polar surface area (TPSA) is 84.9 Å². The highest BCUT2D eigenvalue weighted by atomic mass is 16.5. The van der Waals surface area contributed by atoms with E-state index in [9.17, 15) is 14.4 Å². The molecular weight excluding hydrogens is 348 g/mol. The predicted molar refractivity (Wildman–Crippen MR) is 99.9 cm³/mol. The zero-order valence-electron chi connectivity index (χ0n) is 15.1. The fourth-order valence-corrected chi connectivity index (χ4v) is 2.96. The van der Waals surface area contributed by atoms with E-state index in [4.69, 9.17) is 4.74 Å². The Balaban J connectivity index is 1.66. The zero-order chi connectivity index (χ0) is 19.4. The molecule has 0 aromatic heterocycles. The number of carbonyl (C=O) groups is 3. The van der Waals surface area contributed by atoms with Crippen LogP contribution < -0.4 is 15.0 Å². The minimum atomic E-state index is -0.455. The lowest BCUT2D eigenvalue weighted by atomic mass is 10.1. The minimum absolute atomic E-state index is 0.107. The van der Waals surface area contributed by atoms with Gasteiger partial charge in [-0.1, -0.05) is 6.07 Å². The van der Waals surface area contributed by atoms with Crippen molar-refractivity contribution in [2.24, 2.45) is 5.92 Å². The van der Waals surface area contributed by atoms with E-state index in [-0.39, 0.29) is 18.2 Å². The maximum Gasteiger partial charge on any atom is 0.337 e. The lowest BCUT2D eigenvalue weighted by Crippen LogP contribution is -2.28. The Labute approximate surface area is 156 Å². The van der Waals surface area contributed by atoms with Crippen LogP contribution >= 0.6 is 0 Å². The molecule has 0 bridgehead atoms. The van der Waals surface area contributed by atoms with Crippen molar-refractivity contribution >= 4 is 29.2 Å². The quantitative estimate of drug-likeness (QED) is 0.820. The van der Waals surface area contributed by atoms with Gasteiger partial charge in [0.2, 0.25) is 11.8 Å². The van der Waals surface area contributed by atoms with Crippen molar-refractivity contribution in [3.8, 4) is 5.75 Å². The number of methoxy groups -OCH3 is 2. The highest BCUT2D eigenvalue weighted by molar-refractivity contribution is 6.03. The second kappa shape index (κ2) is 7.90. The van der Waals surface area contributed by atoms with Crippen LogP contribution in [0.2, 0.25) is 0 Å². The predicted octanol–water partition coefficient (Wildman–Crippen LogP) is 2.47. The van der Waals surface area contributed by atoms with Crippen LogP contribution in [0.5, 0.6) is 5.75 Å². The molecule has 7 heteroatoms. The third kappa shape index (κ3) is 4.08. The SMILES string of the molecule is COC(=O)c1ccc(NC(=O)[C@@H]2CC(=O)N(c3cccc(OC)c3)C2)cc1. The van der Waals surface area contributed by atoms with Gasteiger partial charge in [0.25, 0.3) is 0 Å². The summed E-state index contributed by atoms with van der Waals surface area (Å²) in [5, 5.41) is 2.79. The van der Waals surface area contributed by atoms with Gasteiger partial charge in [-0.25, -0.2) is 4.79 Å². The number of amides is 2. The molecule has 1 aliphatic rings. The van der Waals surface area contributed by atoms with E-state index >= 15 is 0 Å². The van der Waals surface area contributed by atoms with Crippen LogP contribution in [0.1, 0.15) is 16.8 Å². The van der Waals surface area contributed by atoms with Crippen LogP contribution in [0.15, 0.2) is 48.5 Å². The van der Waals surface area contributed by atoms with Gasteiger partial charge in [-0.2, -0.15) is 0 Å². The molecule has 1 saturated heterocycles. The summed E-state index contributed by atoms with van der Waals surface area (Å²) in [6.45, 7) is 0.304. The summed E-state index contributed by atoms with van der Waals surface area (Å²) < 4.78 is 9.83. The Hall–Kier alpha value is -3.35. The number of carbonyl (C=O) groups excluding carboxylic acids is 3. The molecule has 7 nitrogen and oxygen atoms in total. The summed E-state index contributed by atoms with van der Waals surface area (Å²) in [6.07, 6.45) is 0.142. The van der Waals surface area contributed by atoms with Crippen molar-refractivity contribution in [1.29, 1.82) is 0 Å². The van der Waals surface area contributed by atoms with Crippen LogP contribution in [-0.2, 0) is 14.3 Å². The molecule has 3 rings (SSSR count). The van der Waals surface area contributed by atoms with E-state index in [2.05, 4.69) is 10.1 Å². The van der Waals surface area contributed by atoms with Gasteiger partial charge in [0, 0.05) is 30.4 Å². The van der Waals surface area contributed by atoms with Crippen LogP contribution in [-0.4, -0.2) is 38.5 Å². The monoisotopic (exact) mass is 368 g/mol. The van der Waals surface area contributed by atoms with E-state index in [1.807, 2.05) is 6.07 Å². The normalized spacial score (nSPS) is 16.1. The van der Waals surface area contributed by atoms with Crippen LogP contribution in [0.25, 0.3) is 0 Å². The Morgan fingerprint density at radius 3 is 2.52 bits per heavy atom. The van der Waals surface area contributed by atoms with Gasteiger partial charge < -0.3 is 19.7 Å². The lowest BCUT2D eigenvalue weighted by Gasteiger charge is -2.17. The number of rotatable bonds is 5. The second-order valence-electron chi connectivity index (χ2n) is 6.17. The van der Waals surface area contributed by atoms with E-state index in [0.717, 1.165) is 0 Å². The van der Waals surface area contributed by atoms with Gasteiger partial charge in [0.15, 0.2) is 0 Å². The van der Waals surface area contributed by atoms with Gasteiger partial charge in [-0.3, -0.25) is 9.59 Å². The number of hydrogen-bond donors (Lipinski definition) is 1. The number of benzene rings is 2. The highest BCUT2D eigenvalue weighted by Crippen LogP contribution is 2.28. The number of anilines is 2. The fourth-order valence-electron chi connectivity index (χ4n) is 2.96. The maximum atomic E-state index is 12.5. The van der Waals surface area contributed by atoms with Crippen molar-refractivity contribution in [1.82, 2.24) is 0 Å². The smallest absolute Gasteiger partial charge is 0.337 e.